The van der Waals surface area contributed by atoms with Gasteiger partial charge in [-0.25, -0.2) is 0 Å². The molecule has 1 N–H and O–H groups in total. The summed E-state index contributed by atoms with van der Waals surface area (Å²) in [5, 5.41) is 13.5. The first-order valence-corrected chi connectivity index (χ1v) is 7.04. The predicted molar refractivity (Wildman–Crippen MR) is 79.4 cm³/mol. The van der Waals surface area contributed by atoms with Crippen molar-refractivity contribution in [3.05, 3.63) is 54.1 Å². The van der Waals surface area contributed by atoms with Crippen LogP contribution in [0, 0.1) is 0 Å². The molecule has 5 nitrogen and oxygen atoms in total. The van der Waals surface area contributed by atoms with Gasteiger partial charge in [0, 0.05) is 5.39 Å². The molecule has 1 heterocycles. The highest BCUT2D eigenvalue weighted by Crippen LogP contribution is 2.30. The maximum atomic E-state index is 10.6. The number of hydrogen-bond donors (Lipinski definition) is 1. The highest BCUT2D eigenvalue weighted by Gasteiger charge is 2.07. The number of fused-ring (bicyclic) bond motifs is 1. The summed E-state index contributed by atoms with van der Waals surface area (Å²) in [4.78, 5) is 10.6. The minimum atomic E-state index is -1.37. The zero-order valence-electron chi connectivity index (χ0n) is 10.9. The van der Waals surface area contributed by atoms with E-state index in [4.69, 9.17) is 4.74 Å². The lowest BCUT2D eigenvalue weighted by Gasteiger charge is -2.06. The van der Waals surface area contributed by atoms with Crippen LogP contribution in [-0.2, 0) is 6.61 Å². The second-order valence-electron chi connectivity index (χ2n) is 4.38. The van der Waals surface area contributed by atoms with Gasteiger partial charge in [0.2, 0.25) is 0 Å². The van der Waals surface area contributed by atoms with Crippen molar-refractivity contribution in [2.75, 3.05) is 5.32 Å². The number of hydrogen-bond acceptors (Lipinski definition) is 5. The highest BCUT2D eigenvalue weighted by molar-refractivity contribution is 7.13. The molecule has 1 amide bonds. The Hall–Kier alpha value is -2.60. The monoisotopic (exact) mass is 299 g/mol. The lowest BCUT2D eigenvalue weighted by atomic mass is 10.2. The van der Waals surface area contributed by atoms with Crippen molar-refractivity contribution in [3.8, 4) is 5.75 Å². The normalized spacial score (nSPS) is 10.5. The zero-order chi connectivity index (χ0) is 14.7. The Morgan fingerprint density at radius 3 is 2.81 bits per heavy atom. The maximum absolute atomic E-state index is 10.6. The van der Waals surface area contributed by atoms with Gasteiger partial charge in [0.1, 0.15) is 18.4 Å². The third-order valence-corrected chi connectivity index (χ3v) is 3.72. The molecule has 0 radical (unpaired) electrons. The molecule has 0 spiro atoms. The Bertz CT molecular complexity index is 771. The average Bonchev–Trinajstić information content (AvgIpc) is 2.88. The molecule has 0 saturated carbocycles. The molecule has 2 aromatic carbocycles. The van der Waals surface area contributed by atoms with E-state index in [1.807, 2.05) is 36.4 Å². The fourth-order valence-electron chi connectivity index (χ4n) is 1.94. The van der Waals surface area contributed by atoms with Crippen LogP contribution in [0.4, 0.5) is 10.6 Å². The molecular weight excluding hydrogens is 288 g/mol. The quantitative estimate of drug-likeness (QED) is 0.803. The first kappa shape index (κ1) is 13.4. The number of rotatable bonds is 4. The van der Waals surface area contributed by atoms with Crippen molar-refractivity contribution in [1.29, 1.82) is 0 Å². The van der Waals surface area contributed by atoms with E-state index in [1.165, 1.54) is 11.5 Å². The molecule has 6 heteroatoms. The first-order chi connectivity index (χ1) is 10.2. The van der Waals surface area contributed by atoms with E-state index >= 15 is 0 Å². The Balaban J connectivity index is 1.77. The molecule has 3 aromatic rings. The topological polar surface area (TPSA) is 74.3 Å². The van der Waals surface area contributed by atoms with Crippen LogP contribution < -0.4 is 15.2 Å². The van der Waals surface area contributed by atoms with Gasteiger partial charge < -0.3 is 20.0 Å². The maximum Gasteiger partial charge on any atom is 0.152 e. The molecule has 21 heavy (non-hydrogen) atoms. The minimum absolute atomic E-state index is 0.296. The van der Waals surface area contributed by atoms with E-state index in [9.17, 15) is 9.90 Å². The van der Waals surface area contributed by atoms with Crippen LogP contribution in [0.15, 0.2) is 48.5 Å². The second kappa shape index (κ2) is 5.80. The number of aromatic nitrogens is 1. The molecule has 3 rings (SSSR count). The van der Waals surface area contributed by atoms with Crippen molar-refractivity contribution in [3.63, 3.8) is 0 Å². The van der Waals surface area contributed by atoms with Crippen LogP contribution in [0.3, 0.4) is 0 Å². The van der Waals surface area contributed by atoms with Gasteiger partial charge in [0.15, 0.2) is 5.82 Å². The number of ether oxygens (including phenoxy) is 1. The molecular formula is C15H11N2O3S-. The summed E-state index contributed by atoms with van der Waals surface area (Å²) >= 11 is 1.21. The van der Waals surface area contributed by atoms with Gasteiger partial charge in [-0.1, -0.05) is 30.3 Å². The SMILES string of the molecule is O=C([O-])Nc1nsc2cc(OCc3ccccc3)ccc12. The molecule has 106 valence electrons. The molecule has 0 aliphatic rings. The minimum Gasteiger partial charge on any atom is -0.530 e. The molecule has 0 unspecified atom stereocenters. The number of carbonyl (C=O) groups excluding carboxylic acids is 1. The summed E-state index contributed by atoms with van der Waals surface area (Å²) in [5.41, 5.74) is 1.08. The van der Waals surface area contributed by atoms with Crippen LogP contribution in [0.1, 0.15) is 5.56 Å². The molecule has 0 aliphatic heterocycles. The van der Waals surface area contributed by atoms with Crippen molar-refractivity contribution < 1.29 is 14.6 Å². The number of carbonyl (C=O) groups is 1. The summed E-state index contributed by atoms with van der Waals surface area (Å²) in [6.07, 6.45) is -1.37. The average molecular weight is 299 g/mol. The predicted octanol–water partition coefficient (Wildman–Crippen LogP) is 2.63. The second-order valence-corrected chi connectivity index (χ2v) is 5.18. The van der Waals surface area contributed by atoms with Crippen LogP contribution in [0.5, 0.6) is 5.75 Å². The highest BCUT2D eigenvalue weighted by atomic mass is 32.1. The number of nitrogens with zero attached hydrogens (tertiary/aromatic N) is 1. The number of amides is 1. The lowest BCUT2D eigenvalue weighted by molar-refractivity contribution is -0.242. The van der Waals surface area contributed by atoms with E-state index in [-0.39, 0.29) is 0 Å². The largest absolute Gasteiger partial charge is 0.530 e. The molecule has 1 aromatic heterocycles. The van der Waals surface area contributed by atoms with Gasteiger partial charge >= 0.3 is 0 Å². The summed E-state index contributed by atoms with van der Waals surface area (Å²) in [5.74, 6) is 1.01. The molecule has 0 aliphatic carbocycles. The van der Waals surface area contributed by atoms with Gasteiger partial charge in [-0.05, 0) is 35.3 Å². The van der Waals surface area contributed by atoms with Crippen molar-refractivity contribution in [2.24, 2.45) is 0 Å². The van der Waals surface area contributed by atoms with Crippen LogP contribution in [-0.4, -0.2) is 10.5 Å². The van der Waals surface area contributed by atoms with Gasteiger partial charge in [-0.3, -0.25) is 0 Å². The van der Waals surface area contributed by atoms with Crippen LogP contribution >= 0.6 is 11.5 Å². The summed E-state index contributed by atoms with van der Waals surface area (Å²) in [6, 6.07) is 15.3. The molecule has 0 bridgehead atoms. The first-order valence-electron chi connectivity index (χ1n) is 6.26. The van der Waals surface area contributed by atoms with Gasteiger partial charge in [-0.2, -0.15) is 4.37 Å². The van der Waals surface area contributed by atoms with E-state index in [0.29, 0.717) is 12.4 Å². The summed E-state index contributed by atoms with van der Waals surface area (Å²) < 4.78 is 10.6. The third-order valence-electron chi connectivity index (χ3n) is 2.91. The Kier molecular flexibility index (Phi) is 3.70. The van der Waals surface area contributed by atoms with Crippen LogP contribution in [0.25, 0.3) is 10.1 Å². The van der Waals surface area contributed by atoms with E-state index in [1.54, 1.807) is 12.1 Å². The Morgan fingerprint density at radius 2 is 2.05 bits per heavy atom. The van der Waals surface area contributed by atoms with Crippen molar-refractivity contribution in [1.82, 2.24) is 4.37 Å². The fourth-order valence-corrected chi connectivity index (χ4v) is 2.70. The van der Waals surface area contributed by atoms with Gasteiger partial charge in [0.25, 0.3) is 0 Å². The Labute approximate surface area is 125 Å². The number of carboxylic acid groups (broad SMARTS) is 1. The van der Waals surface area contributed by atoms with E-state index < -0.39 is 6.09 Å². The smallest absolute Gasteiger partial charge is 0.152 e. The number of benzene rings is 2. The number of nitrogens with one attached hydrogen (secondary N) is 1. The standard InChI is InChI=1S/C15H12N2O3S/c18-15(19)16-14-12-7-6-11(8-13(12)21-17-14)20-9-10-4-2-1-3-5-10/h1-8H,9H2,(H,16,17)(H,18,19)/p-1. The fraction of sp³-hybridized carbons (Fsp3) is 0.0667. The molecule has 0 fully saturated rings. The van der Waals surface area contributed by atoms with Gasteiger partial charge in [0.05, 0.1) is 4.70 Å². The molecule has 0 atom stereocenters. The third kappa shape index (κ3) is 3.11. The zero-order valence-corrected chi connectivity index (χ0v) is 11.7. The van der Waals surface area contributed by atoms with E-state index in [2.05, 4.69) is 9.69 Å². The van der Waals surface area contributed by atoms with E-state index in [0.717, 1.165) is 21.4 Å². The lowest BCUT2D eigenvalue weighted by Crippen LogP contribution is -2.28. The van der Waals surface area contributed by atoms with Crippen molar-refractivity contribution in [2.45, 2.75) is 6.61 Å². The summed E-state index contributed by atoms with van der Waals surface area (Å²) in [7, 11) is 0. The summed E-state index contributed by atoms with van der Waals surface area (Å²) in [6.45, 7) is 0.481. The number of anilines is 1. The molecule has 0 saturated heterocycles. The Morgan fingerprint density at radius 1 is 1.24 bits per heavy atom. The van der Waals surface area contributed by atoms with Crippen LogP contribution in [0.2, 0.25) is 0 Å². The van der Waals surface area contributed by atoms with Crippen molar-refractivity contribution >= 4 is 33.5 Å². The van der Waals surface area contributed by atoms with Gasteiger partial charge in [-0.15, -0.1) is 0 Å².